The molecule has 2 aromatic rings. The predicted molar refractivity (Wildman–Crippen MR) is 83.7 cm³/mol. The molecule has 0 bridgehead atoms. The molecule has 2 aromatic carbocycles. The number of hydrogen-bond acceptors (Lipinski definition) is 3. The van der Waals surface area contributed by atoms with Crippen LogP contribution < -0.4 is 5.32 Å². The normalized spacial score (nSPS) is 9.38. The molecule has 1 N–H and O–H groups in total. The van der Waals surface area contributed by atoms with Crippen LogP contribution in [0.4, 0.5) is 5.69 Å². The third-order valence-electron chi connectivity index (χ3n) is 2.81. The van der Waals surface area contributed by atoms with Crippen LogP contribution in [0.2, 0.25) is 0 Å². The molecule has 0 fully saturated rings. The third-order valence-corrected chi connectivity index (χ3v) is 2.81. The van der Waals surface area contributed by atoms with Gasteiger partial charge in [0.25, 0.3) is 0 Å². The number of anilines is 1. The first kappa shape index (κ1) is 14.7. The van der Waals surface area contributed by atoms with E-state index in [2.05, 4.69) is 29.3 Å². The molecule has 0 spiro atoms. The summed E-state index contributed by atoms with van der Waals surface area (Å²) in [5.41, 5.74) is 3.03. The van der Waals surface area contributed by atoms with E-state index in [0.717, 1.165) is 17.8 Å². The van der Waals surface area contributed by atoms with Crippen LogP contribution in [0.3, 0.4) is 0 Å². The molecule has 0 aromatic heterocycles. The first-order chi connectivity index (χ1) is 10.3. The van der Waals surface area contributed by atoms with Crippen molar-refractivity contribution in [2.24, 2.45) is 0 Å². The number of rotatable bonds is 4. The lowest BCUT2D eigenvalue weighted by Gasteiger charge is -2.06. The second-order valence-corrected chi connectivity index (χ2v) is 4.39. The lowest BCUT2D eigenvalue weighted by molar-refractivity contribution is -0.136. The minimum atomic E-state index is -0.497. The fourth-order valence-electron chi connectivity index (χ4n) is 1.76. The van der Waals surface area contributed by atoms with Gasteiger partial charge in [0.15, 0.2) is 0 Å². The molecule has 0 amide bonds. The smallest absolute Gasteiger partial charge is 0.384 e. The summed E-state index contributed by atoms with van der Waals surface area (Å²) >= 11 is 0. The number of esters is 1. The van der Waals surface area contributed by atoms with Crippen LogP contribution in [0, 0.1) is 11.8 Å². The second-order valence-electron chi connectivity index (χ2n) is 4.39. The highest BCUT2D eigenvalue weighted by Gasteiger charge is 1.95. The fraction of sp³-hybridized carbons (Fsp3) is 0.167. The highest BCUT2D eigenvalue weighted by atomic mass is 16.5. The highest BCUT2D eigenvalue weighted by Crippen LogP contribution is 2.10. The summed E-state index contributed by atoms with van der Waals surface area (Å²) < 4.78 is 4.75. The minimum absolute atomic E-state index is 0.343. The molecule has 0 saturated heterocycles. The van der Waals surface area contributed by atoms with Crippen molar-refractivity contribution in [2.45, 2.75) is 13.5 Å². The quantitative estimate of drug-likeness (QED) is 0.690. The zero-order valence-electron chi connectivity index (χ0n) is 11.9. The topological polar surface area (TPSA) is 38.3 Å². The zero-order valence-corrected chi connectivity index (χ0v) is 11.9. The lowest BCUT2D eigenvalue weighted by atomic mass is 10.2. The van der Waals surface area contributed by atoms with E-state index in [1.54, 1.807) is 6.92 Å². The Bertz CT molecular complexity index is 636. The Hall–Kier alpha value is -2.73. The van der Waals surface area contributed by atoms with Crippen LogP contribution in [0.25, 0.3) is 0 Å². The lowest BCUT2D eigenvalue weighted by Crippen LogP contribution is -2.00. The van der Waals surface area contributed by atoms with E-state index in [9.17, 15) is 4.79 Å². The number of nitrogens with one attached hydrogen (secondary N) is 1. The molecule has 0 heterocycles. The molecule has 0 radical (unpaired) electrons. The van der Waals surface area contributed by atoms with Gasteiger partial charge < -0.3 is 10.1 Å². The predicted octanol–water partition coefficient (Wildman–Crippen LogP) is 3.21. The maximum absolute atomic E-state index is 11.1. The monoisotopic (exact) mass is 279 g/mol. The fourth-order valence-corrected chi connectivity index (χ4v) is 1.76. The van der Waals surface area contributed by atoms with Crippen molar-refractivity contribution in [1.29, 1.82) is 0 Å². The SMILES string of the molecule is CCOC(=O)C#Cc1ccc(NCc2ccccc2)cc1. The van der Waals surface area contributed by atoms with Gasteiger partial charge in [-0.15, -0.1) is 0 Å². The van der Waals surface area contributed by atoms with E-state index < -0.39 is 5.97 Å². The molecular formula is C18H17NO2. The van der Waals surface area contributed by atoms with E-state index in [1.165, 1.54) is 5.56 Å². The second kappa shape index (κ2) is 7.76. The van der Waals surface area contributed by atoms with Crippen LogP contribution in [0.5, 0.6) is 0 Å². The van der Waals surface area contributed by atoms with Crippen LogP contribution in [-0.4, -0.2) is 12.6 Å². The molecule has 0 aliphatic carbocycles. The summed E-state index contributed by atoms with van der Waals surface area (Å²) in [6.07, 6.45) is 0. The number of ether oxygens (including phenoxy) is 1. The van der Waals surface area contributed by atoms with Gasteiger partial charge in [-0.1, -0.05) is 36.3 Å². The number of carbonyl (C=O) groups excluding carboxylic acids is 1. The standard InChI is InChI=1S/C18H17NO2/c1-2-21-18(20)13-10-15-8-11-17(12-9-15)19-14-16-6-4-3-5-7-16/h3-9,11-12,19H,2,14H2,1H3. The van der Waals surface area contributed by atoms with Gasteiger partial charge in [0.05, 0.1) is 6.61 Å². The largest absolute Gasteiger partial charge is 0.456 e. The number of carbonyl (C=O) groups is 1. The van der Waals surface area contributed by atoms with Gasteiger partial charge in [-0.05, 0) is 36.8 Å². The van der Waals surface area contributed by atoms with Gasteiger partial charge >= 0.3 is 5.97 Å². The molecule has 0 aliphatic heterocycles. The highest BCUT2D eigenvalue weighted by molar-refractivity contribution is 5.89. The van der Waals surface area contributed by atoms with Gasteiger partial charge in [-0.25, -0.2) is 4.79 Å². The van der Waals surface area contributed by atoms with Crippen molar-refractivity contribution in [2.75, 3.05) is 11.9 Å². The van der Waals surface area contributed by atoms with Crippen molar-refractivity contribution in [3.8, 4) is 11.8 Å². The van der Waals surface area contributed by atoms with E-state index in [-0.39, 0.29) is 0 Å². The van der Waals surface area contributed by atoms with Crippen molar-refractivity contribution in [3.63, 3.8) is 0 Å². The van der Waals surface area contributed by atoms with E-state index in [4.69, 9.17) is 4.74 Å². The molecule has 3 heteroatoms. The molecule has 0 saturated carbocycles. The Balaban J connectivity index is 1.91. The summed E-state index contributed by atoms with van der Waals surface area (Å²) in [6, 6.07) is 17.8. The maximum atomic E-state index is 11.1. The Morgan fingerprint density at radius 1 is 1.10 bits per heavy atom. The Morgan fingerprint density at radius 3 is 2.48 bits per heavy atom. The summed E-state index contributed by atoms with van der Waals surface area (Å²) in [5.74, 6) is 4.73. The summed E-state index contributed by atoms with van der Waals surface area (Å²) in [5, 5.41) is 3.33. The Kier molecular flexibility index (Phi) is 5.42. The van der Waals surface area contributed by atoms with Crippen LogP contribution in [0.15, 0.2) is 54.6 Å². The Morgan fingerprint density at radius 2 is 1.81 bits per heavy atom. The average molecular weight is 279 g/mol. The number of hydrogen-bond donors (Lipinski definition) is 1. The van der Waals surface area contributed by atoms with Crippen molar-refractivity contribution >= 4 is 11.7 Å². The Labute approximate surface area is 125 Å². The summed E-state index contributed by atoms with van der Waals surface area (Å²) in [4.78, 5) is 11.1. The van der Waals surface area contributed by atoms with Crippen molar-refractivity contribution in [3.05, 3.63) is 65.7 Å². The van der Waals surface area contributed by atoms with E-state index >= 15 is 0 Å². The van der Waals surface area contributed by atoms with Gasteiger partial charge in [0.1, 0.15) is 0 Å². The molecule has 106 valence electrons. The van der Waals surface area contributed by atoms with Crippen molar-refractivity contribution in [1.82, 2.24) is 0 Å². The minimum Gasteiger partial charge on any atom is -0.456 e. The molecule has 2 rings (SSSR count). The third kappa shape index (κ3) is 5.04. The van der Waals surface area contributed by atoms with Gasteiger partial charge in [-0.2, -0.15) is 0 Å². The van der Waals surface area contributed by atoms with Crippen LogP contribution >= 0.6 is 0 Å². The molecule has 3 nitrogen and oxygen atoms in total. The maximum Gasteiger partial charge on any atom is 0.384 e. The van der Waals surface area contributed by atoms with E-state index in [0.29, 0.717) is 6.61 Å². The molecule has 0 unspecified atom stereocenters. The van der Waals surface area contributed by atoms with Gasteiger partial charge in [-0.3, -0.25) is 0 Å². The zero-order chi connectivity index (χ0) is 14.9. The van der Waals surface area contributed by atoms with E-state index in [1.807, 2.05) is 42.5 Å². The average Bonchev–Trinajstić information content (AvgIpc) is 2.53. The van der Waals surface area contributed by atoms with Gasteiger partial charge in [0.2, 0.25) is 0 Å². The molecule has 21 heavy (non-hydrogen) atoms. The molecule has 0 aliphatic rings. The van der Waals surface area contributed by atoms with Crippen LogP contribution in [-0.2, 0) is 16.1 Å². The van der Waals surface area contributed by atoms with Crippen molar-refractivity contribution < 1.29 is 9.53 Å². The van der Waals surface area contributed by atoms with Crippen LogP contribution in [0.1, 0.15) is 18.1 Å². The first-order valence-corrected chi connectivity index (χ1v) is 6.84. The molecular weight excluding hydrogens is 262 g/mol. The summed E-state index contributed by atoms with van der Waals surface area (Å²) in [6.45, 7) is 2.87. The summed E-state index contributed by atoms with van der Waals surface area (Å²) in [7, 11) is 0. The molecule has 0 atom stereocenters. The van der Waals surface area contributed by atoms with Gasteiger partial charge in [0, 0.05) is 23.7 Å². The number of benzene rings is 2. The first-order valence-electron chi connectivity index (χ1n) is 6.84.